The molecule has 2 rings (SSSR count). The predicted octanol–water partition coefficient (Wildman–Crippen LogP) is 1.74. The summed E-state index contributed by atoms with van der Waals surface area (Å²) in [6.07, 6.45) is 2.61. The SMILES string of the molecule is CN1CCC[C@H]1CNCc1cccc(C#N)c1. The third-order valence-corrected chi connectivity index (χ3v) is 3.44. The molecule has 1 aromatic carbocycles. The van der Waals surface area contributed by atoms with Gasteiger partial charge in [0, 0.05) is 19.1 Å². The molecule has 0 unspecified atom stereocenters. The Labute approximate surface area is 103 Å². The second kappa shape index (κ2) is 5.81. The summed E-state index contributed by atoms with van der Waals surface area (Å²) in [4.78, 5) is 2.42. The zero-order valence-corrected chi connectivity index (χ0v) is 10.3. The zero-order valence-electron chi connectivity index (χ0n) is 10.3. The van der Waals surface area contributed by atoms with Gasteiger partial charge in [-0.2, -0.15) is 5.26 Å². The van der Waals surface area contributed by atoms with Gasteiger partial charge in [0.15, 0.2) is 0 Å². The molecule has 17 heavy (non-hydrogen) atoms. The first-order valence-electron chi connectivity index (χ1n) is 6.19. The fourth-order valence-corrected chi connectivity index (χ4v) is 2.37. The van der Waals surface area contributed by atoms with E-state index in [0.717, 1.165) is 18.7 Å². The molecule has 1 fully saturated rings. The summed E-state index contributed by atoms with van der Waals surface area (Å²) in [5.41, 5.74) is 1.92. The monoisotopic (exact) mass is 229 g/mol. The molecule has 1 atom stereocenters. The zero-order chi connectivity index (χ0) is 12.1. The summed E-state index contributed by atoms with van der Waals surface area (Å²) in [5.74, 6) is 0. The number of hydrogen-bond acceptors (Lipinski definition) is 3. The van der Waals surface area contributed by atoms with Gasteiger partial charge in [-0.3, -0.25) is 0 Å². The van der Waals surface area contributed by atoms with E-state index in [-0.39, 0.29) is 0 Å². The van der Waals surface area contributed by atoms with Crippen molar-refractivity contribution in [2.45, 2.75) is 25.4 Å². The van der Waals surface area contributed by atoms with Crippen LogP contribution in [0.1, 0.15) is 24.0 Å². The van der Waals surface area contributed by atoms with Gasteiger partial charge in [0.1, 0.15) is 0 Å². The van der Waals surface area contributed by atoms with Crippen molar-refractivity contribution in [3.63, 3.8) is 0 Å². The maximum atomic E-state index is 8.82. The molecule has 1 aromatic rings. The fraction of sp³-hybridized carbons (Fsp3) is 0.500. The molecular formula is C14H19N3. The molecule has 1 N–H and O–H groups in total. The Morgan fingerprint density at radius 3 is 3.12 bits per heavy atom. The van der Waals surface area contributed by atoms with Crippen molar-refractivity contribution >= 4 is 0 Å². The van der Waals surface area contributed by atoms with Crippen molar-refractivity contribution in [1.29, 1.82) is 5.26 Å². The lowest BCUT2D eigenvalue weighted by Gasteiger charge is -2.19. The molecule has 0 amide bonds. The van der Waals surface area contributed by atoms with Crippen LogP contribution in [0.15, 0.2) is 24.3 Å². The van der Waals surface area contributed by atoms with Crippen LogP contribution >= 0.6 is 0 Å². The van der Waals surface area contributed by atoms with Crippen molar-refractivity contribution in [1.82, 2.24) is 10.2 Å². The molecule has 0 spiro atoms. The summed E-state index contributed by atoms with van der Waals surface area (Å²) in [5, 5.41) is 12.3. The number of rotatable bonds is 4. The summed E-state index contributed by atoms with van der Waals surface area (Å²) in [6.45, 7) is 3.10. The van der Waals surface area contributed by atoms with E-state index >= 15 is 0 Å². The average Bonchev–Trinajstić information content (AvgIpc) is 2.76. The highest BCUT2D eigenvalue weighted by atomic mass is 15.2. The normalized spacial score (nSPS) is 20.4. The highest BCUT2D eigenvalue weighted by molar-refractivity contribution is 5.32. The molecule has 1 aliphatic rings. The van der Waals surface area contributed by atoms with E-state index in [2.05, 4.69) is 29.4 Å². The third kappa shape index (κ3) is 3.29. The number of benzene rings is 1. The lowest BCUT2D eigenvalue weighted by Crippen LogP contribution is -2.35. The largest absolute Gasteiger partial charge is 0.311 e. The molecule has 3 heteroatoms. The first kappa shape index (κ1) is 12.1. The van der Waals surface area contributed by atoms with E-state index in [0.29, 0.717) is 6.04 Å². The Kier molecular flexibility index (Phi) is 4.13. The van der Waals surface area contributed by atoms with Crippen molar-refractivity contribution in [3.05, 3.63) is 35.4 Å². The molecule has 3 nitrogen and oxygen atoms in total. The van der Waals surface area contributed by atoms with Crippen molar-refractivity contribution in [2.24, 2.45) is 0 Å². The van der Waals surface area contributed by atoms with Crippen LogP contribution in [0.3, 0.4) is 0 Å². The van der Waals surface area contributed by atoms with Crippen LogP contribution in [-0.2, 0) is 6.54 Å². The van der Waals surface area contributed by atoms with E-state index in [1.807, 2.05) is 18.2 Å². The maximum absolute atomic E-state index is 8.82. The van der Waals surface area contributed by atoms with Crippen LogP contribution in [0.4, 0.5) is 0 Å². The lowest BCUT2D eigenvalue weighted by atomic mass is 10.1. The molecule has 0 radical (unpaired) electrons. The third-order valence-electron chi connectivity index (χ3n) is 3.44. The van der Waals surface area contributed by atoms with Crippen molar-refractivity contribution < 1.29 is 0 Å². The molecule has 1 heterocycles. The van der Waals surface area contributed by atoms with Gasteiger partial charge in [-0.05, 0) is 44.1 Å². The first-order chi connectivity index (χ1) is 8.29. The highest BCUT2D eigenvalue weighted by Crippen LogP contribution is 2.13. The van der Waals surface area contributed by atoms with Crippen LogP contribution < -0.4 is 5.32 Å². The number of nitriles is 1. The molecular weight excluding hydrogens is 210 g/mol. The van der Waals surface area contributed by atoms with Crippen LogP contribution in [-0.4, -0.2) is 31.1 Å². The second-order valence-electron chi connectivity index (χ2n) is 4.72. The number of likely N-dealkylation sites (tertiary alicyclic amines) is 1. The Hall–Kier alpha value is -1.37. The first-order valence-corrected chi connectivity index (χ1v) is 6.19. The Bertz CT molecular complexity index is 408. The summed E-state index contributed by atoms with van der Waals surface area (Å²) >= 11 is 0. The standard InChI is InChI=1S/C14H19N3/c1-17-7-3-6-14(17)11-16-10-13-5-2-4-12(8-13)9-15/h2,4-5,8,14,16H,3,6-7,10-11H2,1H3/t14-/m0/s1. The molecule has 1 aliphatic heterocycles. The predicted molar refractivity (Wildman–Crippen MR) is 68.5 cm³/mol. The molecule has 0 aromatic heterocycles. The minimum absolute atomic E-state index is 0.675. The van der Waals surface area contributed by atoms with E-state index in [1.54, 1.807) is 0 Å². The Morgan fingerprint density at radius 2 is 2.41 bits per heavy atom. The van der Waals surface area contributed by atoms with E-state index in [9.17, 15) is 0 Å². The topological polar surface area (TPSA) is 39.1 Å². The summed E-state index contributed by atoms with van der Waals surface area (Å²) in [7, 11) is 2.19. The number of hydrogen-bond donors (Lipinski definition) is 1. The molecule has 1 saturated heterocycles. The van der Waals surface area contributed by atoms with Crippen LogP contribution in [0.2, 0.25) is 0 Å². The molecule has 0 bridgehead atoms. The van der Waals surface area contributed by atoms with Gasteiger partial charge in [-0.25, -0.2) is 0 Å². The molecule has 90 valence electrons. The minimum Gasteiger partial charge on any atom is -0.311 e. The van der Waals surface area contributed by atoms with E-state index in [4.69, 9.17) is 5.26 Å². The van der Waals surface area contributed by atoms with Gasteiger partial charge < -0.3 is 10.2 Å². The number of nitrogens with one attached hydrogen (secondary N) is 1. The Balaban J connectivity index is 1.80. The van der Waals surface area contributed by atoms with Gasteiger partial charge in [-0.15, -0.1) is 0 Å². The summed E-state index contributed by atoms with van der Waals surface area (Å²) in [6, 6.07) is 10.6. The highest BCUT2D eigenvalue weighted by Gasteiger charge is 2.19. The van der Waals surface area contributed by atoms with Gasteiger partial charge in [0.05, 0.1) is 11.6 Å². The van der Waals surface area contributed by atoms with Crippen molar-refractivity contribution in [2.75, 3.05) is 20.1 Å². The van der Waals surface area contributed by atoms with Gasteiger partial charge >= 0.3 is 0 Å². The maximum Gasteiger partial charge on any atom is 0.0991 e. The minimum atomic E-state index is 0.675. The smallest absolute Gasteiger partial charge is 0.0991 e. The van der Waals surface area contributed by atoms with Crippen LogP contribution in [0, 0.1) is 11.3 Å². The number of nitrogens with zero attached hydrogens (tertiary/aromatic N) is 2. The van der Waals surface area contributed by atoms with Crippen LogP contribution in [0.25, 0.3) is 0 Å². The van der Waals surface area contributed by atoms with Gasteiger partial charge in [-0.1, -0.05) is 12.1 Å². The van der Waals surface area contributed by atoms with Crippen molar-refractivity contribution in [3.8, 4) is 6.07 Å². The van der Waals surface area contributed by atoms with Crippen LogP contribution in [0.5, 0.6) is 0 Å². The molecule has 0 aliphatic carbocycles. The summed E-state index contributed by atoms with van der Waals surface area (Å²) < 4.78 is 0. The number of likely N-dealkylation sites (N-methyl/N-ethyl adjacent to an activating group) is 1. The fourth-order valence-electron chi connectivity index (χ4n) is 2.37. The molecule has 0 saturated carbocycles. The average molecular weight is 229 g/mol. The van der Waals surface area contributed by atoms with Gasteiger partial charge in [0.2, 0.25) is 0 Å². The quantitative estimate of drug-likeness (QED) is 0.855. The van der Waals surface area contributed by atoms with E-state index in [1.165, 1.54) is 24.9 Å². The van der Waals surface area contributed by atoms with E-state index < -0.39 is 0 Å². The van der Waals surface area contributed by atoms with Gasteiger partial charge in [0.25, 0.3) is 0 Å². The second-order valence-corrected chi connectivity index (χ2v) is 4.72. The lowest BCUT2D eigenvalue weighted by molar-refractivity contribution is 0.300. The Morgan fingerprint density at radius 1 is 1.53 bits per heavy atom.